The van der Waals surface area contributed by atoms with Crippen molar-refractivity contribution >= 4 is 5.96 Å². The van der Waals surface area contributed by atoms with E-state index < -0.39 is 0 Å². The molecule has 0 radical (unpaired) electrons. The molecule has 1 aliphatic rings. The molecule has 1 saturated heterocycles. The van der Waals surface area contributed by atoms with E-state index in [-0.39, 0.29) is 11.9 Å². The molecule has 1 fully saturated rings. The van der Waals surface area contributed by atoms with Crippen molar-refractivity contribution in [2.45, 2.75) is 12.6 Å². The molecule has 2 aromatic carbocycles. The molecule has 3 aromatic rings. The average Bonchev–Trinajstić information content (AvgIpc) is 3.32. The van der Waals surface area contributed by atoms with Crippen LogP contribution in [-0.4, -0.2) is 55.7 Å². The Labute approximate surface area is 187 Å². The number of guanidine groups is 1. The maximum atomic E-state index is 13.9. The number of rotatable bonds is 7. The number of aliphatic imine (C=N–C) groups is 1. The highest BCUT2D eigenvalue weighted by Crippen LogP contribution is 2.22. The van der Waals surface area contributed by atoms with Gasteiger partial charge >= 0.3 is 0 Å². The first-order valence-electron chi connectivity index (χ1n) is 10.7. The quantitative estimate of drug-likeness (QED) is 0.437. The molecule has 1 aliphatic heterocycles. The van der Waals surface area contributed by atoms with Crippen LogP contribution in [0.1, 0.15) is 17.3 Å². The van der Waals surface area contributed by atoms with Crippen molar-refractivity contribution in [2.75, 3.05) is 39.9 Å². The van der Waals surface area contributed by atoms with Gasteiger partial charge < -0.3 is 19.8 Å². The van der Waals surface area contributed by atoms with Gasteiger partial charge in [0, 0.05) is 32.2 Å². The van der Waals surface area contributed by atoms with Crippen LogP contribution in [0.5, 0.6) is 0 Å². The Morgan fingerprint density at radius 3 is 2.69 bits per heavy atom. The van der Waals surface area contributed by atoms with Gasteiger partial charge in [0.2, 0.25) is 5.89 Å². The zero-order chi connectivity index (χ0) is 22.2. The number of nitrogens with one attached hydrogen (secondary N) is 2. The molecule has 2 N–H and O–H groups in total. The first-order valence-corrected chi connectivity index (χ1v) is 10.7. The van der Waals surface area contributed by atoms with E-state index in [4.69, 9.17) is 9.15 Å². The molecule has 0 saturated carbocycles. The molecule has 0 amide bonds. The summed E-state index contributed by atoms with van der Waals surface area (Å²) >= 11 is 0. The van der Waals surface area contributed by atoms with Crippen molar-refractivity contribution in [3.63, 3.8) is 0 Å². The normalized spacial score (nSPS) is 16.0. The molecule has 8 heteroatoms. The molecular formula is C24H28FN5O2. The summed E-state index contributed by atoms with van der Waals surface area (Å²) in [4.78, 5) is 11.2. The number of hydrogen-bond donors (Lipinski definition) is 2. The van der Waals surface area contributed by atoms with Crippen LogP contribution in [0.4, 0.5) is 4.39 Å². The molecule has 2 heterocycles. The van der Waals surface area contributed by atoms with Crippen molar-refractivity contribution in [1.82, 2.24) is 20.5 Å². The number of benzene rings is 2. The van der Waals surface area contributed by atoms with Gasteiger partial charge in [0.05, 0.1) is 31.5 Å². The number of ether oxygens (including phenoxy) is 1. The highest BCUT2D eigenvalue weighted by atomic mass is 19.1. The Balaban J connectivity index is 1.37. The molecule has 0 spiro atoms. The van der Waals surface area contributed by atoms with Gasteiger partial charge in [0.15, 0.2) is 5.96 Å². The van der Waals surface area contributed by atoms with Crippen LogP contribution in [0.3, 0.4) is 0 Å². The van der Waals surface area contributed by atoms with Gasteiger partial charge in [-0.25, -0.2) is 9.37 Å². The van der Waals surface area contributed by atoms with Crippen molar-refractivity contribution < 1.29 is 13.5 Å². The molecule has 1 aromatic heterocycles. The summed E-state index contributed by atoms with van der Waals surface area (Å²) in [7, 11) is 1.72. The number of aromatic nitrogens is 1. The molecule has 0 bridgehead atoms. The smallest absolute Gasteiger partial charge is 0.226 e. The second kappa shape index (κ2) is 10.9. The summed E-state index contributed by atoms with van der Waals surface area (Å²) in [5.41, 5.74) is 2.64. The largest absolute Gasteiger partial charge is 0.444 e. The maximum absolute atomic E-state index is 13.9. The predicted octanol–water partition coefficient (Wildman–Crippen LogP) is 3.22. The summed E-state index contributed by atoms with van der Waals surface area (Å²) in [6.45, 7) is 4.00. The van der Waals surface area contributed by atoms with Crippen molar-refractivity contribution in [3.05, 3.63) is 77.9 Å². The van der Waals surface area contributed by atoms with E-state index in [0.29, 0.717) is 38.2 Å². The second-order valence-corrected chi connectivity index (χ2v) is 7.54. The Hall–Kier alpha value is -3.23. The summed E-state index contributed by atoms with van der Waals surface area (Å²) in [5, 5.41) is 6.64. The summed E-state index contributed by atoms with van der Waals surface area (Å²) < 4.78 is 25.0. The third kappa shape index (κ3) is 5.72. The second-order valence-electron chi connectivity index (χ2n) is 7.54. The minimum atomic E-state index is -0.233. The maximum Gasteiger partial charge on any atom is 0.226 e. The van der Waals surface area contributed by atoms with Crippen LogP contribution < -0.4 is 10.6 Å². The van der Waals surface area contributed by atoms with Gasteiger partial charge in [-0.05, 0) is 29.8 Å². The van der Waals surface area contributed by atoms with E-state index in [9.17, 15) is 4.39 Å². The zero-order valence-electron chi connectivity index (χ0n) is 18.1. The van der Waals surface area contributed by atoms with E-state index in [0.717, 1.165) is 29.9 Å². The SMILES string of the molecule is CN=C(NCc1coc(-c2ccccc2)n1)NCC(c1cccc(F)c1)N1CCOCC1. The van der Waals surface area contributed by atoms with E-state index in [1.807, 2.05) is 36.4 Å². The summed E-state index contributed by atoms with van der Waals surface area (Å²) in [6.07, 6.45) is 1.64. The monoisotopic (exact) mass is 437 g/mol. The molecule has 1 atom stereocenters. The molecule has 4 rings (SSSR count). The summed E-state index contributed by atoms with van der Waals surface area (Å²) in [6, 6.07) is 16.6. The first kappa shape index (κ1) is 22.0. The Morgan fingerprint density at radius 1 is 1.12 bits per heavy atom. The minimum absolute atomic E-state index is 0.00452. The molecule has 32 heavy (non-hydrogen) atoms. The molecule has 168 valence electrons. The van der Waals surface area contributed by atoms with E-state index in [1.165, 1.54) is 6.07 Å². The minimum Gasteiger partial charge on any atom is -0.444 e. The fraction of sp³-hybridized carbons (Fsp3) is 0.333. The average molecular weight is 438 g/mol. The van der Waals surface area contributed by atoms with Crippen LogP contribution in [0, 0.1) is 5.82 Å². The Kier molecular flexibility index (Phi) is 7.47. The third-order valence-electron chi connectivity index (χ3n) is 5.42. The van der Waals surface area contributed by atoms with Gasteiger partial charge in [-0.15, -0.1) is 0 Å². The fourth-order valence-electron chi connectivity index (χ4n) is 3.75. The zero-order valence-corrected chi connectivity index (χ0v) is 18.1. The number of hydrogen-bond acceptors (Lipinski definition) is 5. The standard InChI is InChI=1S/C24H28FN5O2/c1-26-24(27-15-21-17-32-23(29-21)18-6-3-2-4-7-18)28-16-22(30-10-12-31-13-11-30)19-8-5-9-20(25)14-19/h2-9,14,17,22H,10-13,15-16H2,1H3,(H2,26,27,28). The fourth-order valence-corrected chi connectivity index (χ4v) is 3.75. The predicted molar refractivity (Wildman–Crippen MR) is 122 cm³/mol. The third-order valence-corrected chi connectivity index (χ3v) is 5.42. The van der Waals surface area contributed by atoms with Crippen LogP contribution >= 0.6 is 0 Å². The topological polar surface area (TPSA) is 74.9 Å². The van der Waals surface area contributed by atoms with Crippen molar-refractivity contribution in [1.29, 1.82) is 0 Å². The number of oxazole rings is 1. The van der Waals surface area contributed by atoms with Crippen LogP contribution in [0.25, 0.3) is 11.5 Å². The van der Waals surface area contributed by atoms with Crippen molar-refractivity contribution in [2.24, 2.45) is 4.99 Å². The lowest BCUT2D eigenvalue weighted by molar-refractivity contribution is 0.0169. The van der Waals surface area contributed by atoms with Crippen LogP contribution in [0.2, 0.25) is 0 Å². The van der Waals surface area contributed by atoms with E-state index in [1.54, 1.807) is 25.4 Å². The lowest BCUT2D eigenvalue weighted by Gasteiger charge is -2.35. The van der Waals surface area contributed by atoms with E-state index in [2.05, 4.69) is 25.5 Å². The Bertz CT molecular complexity index is 1020. The molecule has 0 aliphatic carbocycles. The number of nitrogens with zero attached hydrogens (tertiary/aromatic N) is 3. The highest BCUT2D eigenvalue weighted by Gasteiger charge is 2.23. The lowest BCUT2D eigenvalue weighted by Crippen LogP contribution is -2.46. The van der Waals surface area contributed by atoms with Gasteiger partial charge in [-0.1, -0.05) is 30.3 Å². The van der Waals surface area contributed by atoms with Crippen molar-refractivity contribution in [3.8, 4) is 11.5 Å². The highest BCUT2D eigenvalue weighted by molar-refractivity contribution is 5.79. The Morgan fingerprint density at radius 2 is 1.94 bits per heavy atom. The molecule has 1 unspecified atom stereocenters. The number of morpholine rings is 1. The summed E-state index contributed by atoms with van der Waals surface area (Å²) in [5.74, 6) is 0.997. The van der Waals surface area contributed by atoms with E-state index >= 15 is 0 Å². The molecular weight excluding hydrogens is 409 g/mol. The van der Waals surface area contributed by atoms with Crippen LogP contribution in [-0.2, 0) is 11.3 Å². The van der Waals surface area contributed by atoms with Gasteiger partial charge in [0.25, 0.3) is 0 Å². The molecule has 7 nitrogen and oxygen atoms in total. The lowest BCUT2D eigenvalue weighted by atomic mass is 10.0. The van der Waals surface area contributed by atoms with Gasteiger partial charge in [-0.3, -0.25) is 9.89 Å². The van der Waals surface area contributed by atoms with Gasteiger partial charge in [-0.2, -0.15) is 0 Å². The van der Waals surface area contributed by atoms with Crippen LogP contribution in [0.15, 0.2) is 70.3 Å². The number of halogens is 1. The first-order chi connectivity index (χ1) is 15.7. The van der Waals surface area contributed by atoms with Gasteiger partial charge in [0.1, 0.15) is 12.1 Å².